The van der Waals surface area contributed by atoms with Crippen molar-refractivity contribution < 1.29 is 38.1 Å². The summed E-state index contributed by atoms with van der Waals surface area (Å²) < 4.78 is 26.7. The van der Waals surface area contributed by atoms with E-state index >= 15 is 9.59 Å². The van der Waals surface area contributed by atoms with Gasteiger partial charge in [-0.25, -0.2) is 0 Å². The lowest BCUT2D eigenvalue weighted by Crippen LogP contribution is -2.61. The summed E-state index contributed by atoms with van der Waals surface area (Å²) >= 11 is 0. The molecule has 8 heteroatoms. The Morgan fingerprint density at radius 1 is 0.312 bits per heavy atom. The van der Waals surface area contributed by atoms with Gasteiger partial charge in [-0.1, -0.05) is 84.6 Å². The third-order valence-electron chi connectivity index (χ3n) is 34.4. The van der Waals surface area contributed by atoms with Crippen molar-refractivity contribution in [3.05, 3.63) is 198 Å². The molecule has 2 atom stereocenters. The van der Waals surface area contributed by atoms with Crippen LogP contribution in [-0.2, 0) is 85.5 Å². The van der Waals surface area contributed by atoms with E-state index in [0.29, 0.717) is 12.8 Å². The maximum absolute atomic E-state index is 16.6. The number of hydrogen-bond acceptors (Lipinski definition) is 8. The predicted octanol–water partition coefficient (Wildman–Crippen LogP) is 21.3. The zero-order valence-electron chi connectivity index (χ0n) is 59.1. The van der Waals surface area contributed by atoms with Gasteiger partial charge in [0.05, 0.1) is 50.7 Å². The molecule has 0 fully saturated rings. The van der Waals surface area contributed by atoms with Gasteiger partial charge in [0, 0.05) is 22.0 Å². The van der Waals surface area contributed by atoms with E-state index in [4.69, 9.17) is 18.9 Å². The van der Waals surface area contributed by atoms with Crippen LogP contribution in [0.3, 0.4) is 0 Å². The van der Waals surface area contributed by atoms with Gasteiger partial charge >= 0.3 is 23.9 Å². The molecule has 6 heterocycles. The molecule has 0 saturated heterocycles. The number of allylic oxidation sites excluding steroid dienone is 2. The van der Waals surface area contributed by atoms with Gasteiger partial charge in [0.1, 0.15) is 12.2 Å². The van der Waals surface area contributed by atoms with Crippen molar-refractivity contribution >= 4 is 294 Å². The first kappa shape index (κ1) is 51.0. The van der Waals surface area contributed by atoms with Crippen molar-refractivity contribution in [2.75, 3.05) is 14.2 Å². The fourth-order valence-electron chi connectivity index (χ4n) is 32.5. The summed E-state index contributed by atoms with van der Waals surface area (Å²) in [4.78, 5) is 59.4. The fraction of sp³-hybridized carbons (Fsp3) is 0.135. The van der Waals surface area contributed by atoms with E-state index in [2.05, 4.69) is 96.8 Å². The second-order valence-electron chi connectivity index (χ2n) is 36.9. The molecule has 16 aliphatic rings. The lowest BCUT2D eigenvalue weighted by atomic mass is 9.43. The zero-order valence-corrected chi connectivity index (χ0v) is 59.1. The van der Waals surface area contributed by atoms with E-state index in [0.717, 1.165) is 44.5 Å². The van der Waals surface area contributed by atoms with Crippen molar-refractivity contribution in [2.24, 2.45) is 0 Å². The molecule has 44 rings (SSSR count). The molecule has 502 valence electrons. The third kappa shape index (κ3) is 3.77. The first-order valence-electron chi connectivity index (χ1n) is 40.0. The molecule has 0 N–H and O–H groups in total. The van der Waals surface area contributed by atoms with Gasteiger partial charge in [-0.2, -0.15) is 0 Å². The van der Waals surface area contributed by atoms with E-state index < -0.39 is 33.9 Å². The van der Waals surface area contributed by atoms with Crippen molar-refractivity contribution in [3.8, 4) is 11.8 Å². The molecule has 0 saturated carbocycles. The zero-order chi connectivity index (χ0) is 70.8. The van der Waals surface area contributed by atoms with E-state index in [-0.39, 0.29) is 49.6 Å². The van der Waals surface area contributed by atoms with Crippen LogP contribution in [0.15, 0.2) is 109 Å². The molecule has 0 radical (unpaired) electrons. The minimum atomic E-state index is -0.951. The van der Waals surface area contributed by atoms with E-state index in [1.54, 1.807) is 0 Å². The van der Waals surface area contributed by atoms with E-state index in [1.165, 1.54) is 328 Å². The molecule has 0 unspecified atom stereocenters. The molecule has 6 aliphatic heterocycles. The number of carbonyl (C=O) groups excluding carboxylic acids is 4. The van der Waals surface area contributed by atoms with Crippen LogP contribution in [0.25, 0.3) is 270 Å². The second-order valence-corrected chi connectivity index (χ2v) is 36.9. The Bertz CT molecular complexity index is 9010. The molecule has 4 spiro atoms. The van der Waals surface area contributed by atoms with Crippen molar-refractivity contribution in [3.63, 3.8) is 0 Å². The summed E-state index contributed by atoms with van der Waals surface area (Å²) in [7, 11) is 2.93. The Balaban J connectivity index is 0.811. The smallest absolute Gasteiger partial charge is 0.310 e. The summed E-state index contributed by atoms with van der Waals surface area (Å²) in [5.41, 5.74) is 17.7. The van der Waals surface area contributed by atoms with Crippen LogP contribution in [0, 0.1) is 11.8 Å². The average molecular weight is 1420 g/mol. The maximum atomic E-state index is 16.6. The molecule has 0 aromatic heterocycles. The molecule has 28 aromatic carbocycles. The average Bonchev–Trinajstić information content (AvgIpc) is 1.37. The minimum Gasteiger partial charge on any atom is -0.469 e. The normalized spacial score (nSPS) is 23.9. The molecular weight excluding hydrogens is 1380 g/mol. The standard InChI is InChI=1S/C104H38O8/c1-109-41(105)21-33-13-17-35(18-14-33)37-25-39-103-97-85-69-51-53-67-49-47-61-45-46-62-48-50-64(46)80-79(63(45)49)95-83(67)87-71(53)57-55(69)73-59-60-74-56-58-72-54(52-66(48)82(86(70(52)56)98(103)90(74)89(73)97)94-78(62)77(61)93(81(85)65(47)51)101(94,103)27-37)68(50)84-88(72)100-92(76(58)60)91(75(57)59)99(87)104(100)40(26-38(28-102(95,104)96(80)84)36-19-15-34(16-20-36)22-42(106)110-2)112-44(108)24-32-11-7-30(8-12-32)4-3-29-5-9-31(10-6-29)23-43(107)111-39/h5-20,25-26,39-40H,21-24,27-28H2,1-2H3/t39-,40-,101?,102?,103?,104?/m1/s1. The lowest BCUT2D eigenvalue weighted by Gasteiger charge is -2.59. The largest absolute Gasteiger partial charge is 0.469 e. The summed E-state index contributed by atoms with van der Waals surface area (Å²) in [6.07, 6.45) is 5.24. The summed E-state index contributed by atoms with van der Waals surface area (Å²) in [6, 6.07) is 33.8. The van der Waals surface area contributed by atoms with Gasteiger partial charge in [-0.05, 0) is 397 Å². The van der Waals surface area contributed by atoms with Crippen molar-refractivity contribution in [1.29, 1.82) is 0 Å². The Hall–Kier alpha value is -13.5. The molecule has 8 nitrogen and oxygen atoms in total. The van der Waals surface area contributed by atoms with Crippen LogP contribution in [-0.4, -0.2) is 50.3 Å². The molecular formula is C104H38O8. The third-order valence-corrected chi connectivity index (χ3v) is 34.4. The highest BCUT2D eigenvalue weighted by molar-refractivity contribution is 6.77. The van der Waals surface area contributed by atoms with Crippen molar-refractivity contribution in [2.45, 2.75) is 72.4 Å². The number of methoxy groups -OCH3 is 2. The van der Waals surface area contributed by atoms with Crippen LogP contribution in [0.1, 0.15) is 102 Å². The summed E-state index contributed by atoms with van der Waals surface area (Å²) in [6.45, 7) is 0. The number of benzene rings is 20. The summed E-state index contributed by atoms with van der Waals surface area (Å²) in [5, 5.41) is 68.7. The number of esters is 4. The molecule has 0 amide bonds. The highest BCUT2D eigenvalue weighted by atomic mass is 16.6. The Morgan fingerprint density at radius 3 is 0.768 bits per heavy atom. The Kier molecular flexibility index (Phi) is 6.29. The van der Waals surface area contributed by atoms with Crippen LogP contribution >= 0.6 is 0 Å². The number of carbonyl (C=O) groups is 4. The summed E-state index contributed by atoms with van der Waals surface area (Å²) in [5.74, 6) is 5.83. The maximum Gasteiger partial charge on any atom is 0.310 e. The SMILES string of the molecule is COC(=O)Cc1ccc(C2=C[C@H]3OC(=O)Cc4ccc(cc4)C#Cc4ccc(cc4)CC(=O)O[C@@H]4C=C(c5ccc(CC(=O)OC)cc5)CC56c7c8c9c5c5c%10c%11c%12c%13c(c%14c7c7c%15c8c8c%16c%17c%18c%19c%20c%21c%22c%23c%24c%25c%26c(c%17c%17c8c9c8c5c5c%10c9c%12c(c%23c9c%25c5c%26c%178)c5c%22c8c%20c(c%19c%16%15)c7c%14c8c%135)C%18(C2)C%21%243)C%1146)cc1. The first-order valence-corrected chi connectivity index (χ1v) is 40.0. The van der Waals surface area contributed by atoms with Crippen LogP contribution < -0.4 is 0 Å². The van der Waals surface area contributed by atoms with E-state index in [9.17, 15) is 9.59 Å². The van der Waals surface area contributed by atoms with Gasteiger partial charge in [0.2, 0.25) is 0 Å². The van der Waals surface area contributed by atoms with Gasteiger partial charge in [0.15, 0.2) is 0 Å². The molecule has 112 heavy (non-hydrogen) atoms. The Labute approximate surface area is 624 Å². The van der Waals surface area contributed by atoms with E-state index in [1.807, 2.05) is 24.3 Å². The quantitative estimate of drug-likeness (QED) is 0.0702. The lowest BCUT2D eigenvalue weighted by molar-refractivity contribution is -0.150. The highest BCUT2D eigenvalue weighted by Gasteiger charge is 2.77. The van der Waals surface area contributed by atoms with Gasteiger partial charge < -0.3 is 18.9 Å². The highest BCUT2D eigenvalue weighted by Crippen LogP contribution is 2.89. The molecule has 28 aromatic rings. The number of hydrogen-bond donors (Lipinski definition) is 0. The van der Waals surface area contributed by atoms with Crippen LogP contribution in [0.5, 0.6) is 0 Å². The van der Waals surface area contributed by atoms with Crippen molar-refractivity contribution in [1.82, 2.24) is 0 Å². The van der Waals surface area contributed by atoms with Gasteiger partial charge in [-0.3, -0.25) is 19.2 Å². The fourth-order valence-corrected chi connectivity index (χ4v) is 32.5. The second kappa shape index (κ2) is 13.8. The number of rotatable bonds is 6. The molecule has 20 bridgehead atoms. The number of ether oxygens (including phenoxy) is 4. The van der Waals surface area contributed by atoms with Crippen LogP contribution in [0.4, 0.5) is 0 Å². The van der Waals surface area contributed by atoms with Gasteiger partial charge in [0.25, 0.3) is 0 Å². The monoisotopic (exact) mass is 1410 g/mol. The predicted molar refractivity (Wildman–Crippen MR) is 443 cm³/mol. The first-order chi connectivity index (χ1) is 55.2. The minimum absolute atomic E-state index is 0.0766. The topological polar surface area (TPSA) is 105 Å². The van der Waals surface area contributed by atoms with Gasteiger partial charge in [-0.15, -0.1) is 0 Å². The Morgan fingerprint density at radius 2 is 0.536 bits per heavy atom. The molecule has 10 aliphatic carbocycles. The van der Waals surface area contributed by atoms with Crippen LogP contribution in [0.2, 0.25) is 0 Å².